The van der Waals surface area contributed by atoms with Crippen LogP contribution in [0.2, 0.25) is 0 Å². The Morgan fingerprint density at radius 2 is 1.68 bits per heavy atom. The van der Waals surface area contributed by atoms with Gasteiger partial charge in [0.05, 0.1) is 0 Å². The van der Waals surface area contributed by atoms with Crippen LogP contribution in [-0.4, -0.2) is 52.8 Å². The number of nitrogens with zero attached hydrogens (tertiary/aromatic N) is 1. The number of aliphatic carboxylic acids is 1. The summed E-state index contributed by atoms with van der Waals surface area (Å²) in [5.41, 5.74) is -0.737. The second-order valence-corrected chi connectivity index (χ2v) is 5.19. The molecule has 0 spiro atoms. The molecule has 0 saturated carbocycles. The van der Waals surface area contributed by atoms with Gasteiger partial charge in [-0.2, -0.15) is 0 Å². The number of likely N-dealkylation sites (N-methyl/N-ethyl adjacent to an activating group) is 1. The summed E-state index contributed by atoms with van der Waals surface area (Å²) in [6, 6.07) is -1.31. The van der Waals surface area contributed by atoms with Crippen LogP contribution in [0.5, 0.6) is 0 Å². The average molecular weight is 275 g/mol. The van der Waals surface area contributed by atoms with Crippen molar-refractivity contribution in [2.75, 3.05) is 7.05 Å². The first-order chi connectivity index (χ1) is 8.45. The molecule has 0 bridgehead atoms. The van der Waals surface area contributed by atoms with E-state index in [0.29, 0.717) is 0 Å². The molecule has 0 fully saturated rings. The SMILES string of the molecule is CC(=O)O[C@H](C)[C@@H](C(=O)O)N(C)C(=O)OC(C)(C)C. The van der Waals surface area contributed by atoms with E-state index < -0.39 is 35.8 Å². The van der Waals surface area contributed by atoms with Crippen molar-refractivity contribution < 1.29 is 29.0 Å². The lowest BCUT2D eigenvalue weighted by molar-refractivity contribution is -0.156. The van der Waals surface area contributed by atoms with Crippen molar-refractivity contribution in [1.29, 1.82) is 0 Å². The number of rotatable bonds is 4. The Balaban J connectivity index is 4.94. The third-order valence-corrected chi connectivity index (χ3v) is 2.15. The van der Waals surface area contributed by atoms with Crippen molar-refractivity contribution in [3.05, 3.63) is 0 Å². The number of carboxylic acid groups (broad SMARTS) is 1. The van der Waals surface area contributed by atoms with Crippen LogP contribution in [0.3, 0.4) is 0 Å². The first-order valence-electron chi connectivity index (χ1n) is 5.81. The number of amides is 1. The predicted octanol–water partition coefficient (Wildman–Crippen LogP) is 1.26. The second-order valence-electron chi connectivity index (χ2n) is 5.19. The molecule has 0 aliphatic heterocycles. The molecule has 1 amide bonds. The number of esters is 1. The fraction of sp³-hybridized carbons (Fsp3) is 0.750. The maximum absolute atomic E-state index is 11.8. The highest BCUT2D eigenvalue weighted by atomic mass is 16.6. The van der Waals surface area contributed by atoms with Crippen LogP contribution < -0.4 is 0 Å². The monoisotopic (exact) mass is 275 g/mol. The van der Waals surface area contributed by atoms with Crippen molar-refractivity contribution in [1.82, 2.24) is 4.90 Å². The van der Waals surface area contributed by atoms with E-state index in [1.165, 1.54) is 20.9 Å². The third-order valence-electron chi connectivity index (χ3n) is 2.15. The van der Waals surface area contributed by atoms with E-state index in [-0.39, 0.29) is 0 Å². The zero-order chi connectivity index (χ0) is 15.4. The first kappa shape index (κ1) is 17.2. The minimum Gasteiger partial charge on any atom is -0.480 e. The Morgan fingerprint density at radius 1 is 1.21 bits per heavy atom. The molecular formula is C12H21NO6. The molecule has 0 rings (SSSR count). The van der Waals surface area contributed by atoms with Gasteiger partial charge in [0.1, 0.15) is 11.7 Å². The molecule has 0 unspecified atom stereocenters. The van der Waals surface area contributed by atoms with Gasteiger partial charge in [0.2, 0.25) is 0 Å². The quantitative estimate of drug-likeness (QED) is 0.776. The van der Waals surface area contributed by atoms with E-state index in [1.807, 2.05) is 0 Å². The van der Waals surface area contributed by atoms with E-state index in [0.717, 1.165) is 4.90 Å². The number of hydrogen-bond donors (Lipinski definition) is 1. The Hall–Kier alpha value is -1.79. The van der Waals surface area contributed by atoms with Gasteiger partial charge in [0.25, 0.3) is 0 Å². The Labute approximate surface area is 112 Å². The highest BCUT2D eigenvalue weighted by Gasteiger charge is 2.35. The van der Waals surface area contributed by atoms with Crippen molar-refractivity contribution in [2.24, 2.45) is 0 Å². The summed E-state index contributed by atoms with van der Waals surface area (Å²) in [5.74, 6) is -1.89. The maximum atomic E-state index is 11.8. The highest BCUT2D eigenvalue weighted by molar-refractivity contribution is 5.81. The van der Waals surface area contributed by atoms with Crippen LogP contribution in [0.15, 0.2) is 0 Å². The number of carbonyl (C=O) groups excluding carboxylic acids is 2. The standard InChI is InChI=1S/C12H21NO6/c1-7(18-8(2)14)9(10(15)16)13(6)11(17)19-12(3,4)5/h7,9H,1-6H3,(H,15,16)/t7-,9+/m1/s1. The smallest absolute Gasteiger partial charge is 0.410 e. The van der Waals surface area contributed by atoms with Crippen LogP contribution in [0.1, 0.15) is 34.6 Å². The molecule has 7 nitrogen and oxygen atoms in total. The minimum absolute atomic E-state index is 0.615. The fourth-order valence-corrected chi connectivity index (χ4v) is 1.46. The van der Waals surface area contributed by atoms with Gasteiger partial charge in [0.15, 0.2) is 6.04 Å². The summed E-state index contributed by atoms with van der Waals surface area (Å²) in [6.07, 6.45) is -1.77. The molecule has 1 N–H and O–H groups in total. The number of ether oxygens (including phenoxy) is 2. The van der Waals surface area contributed by atoms with Gasteiger partial charge >= 0.3 is 18.0 Å². The maximum Gasteiger partial charge on any atom is 0.410 e. The molecule has 0 radical (unpaired) electrons. The molecule has 0 aromatic rings. The van der Waals surface area contributed by atoms with Crippen molar-refractivity contribution >= 4 is 18.0 Å². The number of carboxylic acids is 1. The molecule has 7 heteroatoms. The molecule has 0 saturated heterocycles. The summed E-state index contributed by atoms with van der Waals surface area (Å²) in [7, 11) is 1.28. The van der Waals surface area contributed by atoms with Crippen molar-refractivity contribution in [2.45, 2.75) is 52.4 Å². The fourth-order valence-electron chi connectivity index (χ4n) is 1.46. The molecular weight excluding hydrogens is 254 g/mol. The van der Waals surface area contributed by atoms with Crippen LogP contribution in [0.25, 0.3) is 0 Å². The second kappa shape index (κ2) is 6.40. The molecule has 0 aliphatic carbocycles. The van der Waals surface area contributed by atoms with Crippen LogP contribution in [0, 0.1) is 0 Å². The summed E-state index contributed by atoms with van der Waals surface area (Å²) in [5, 5.41) is 9.13. The van der Waals surface area contributed by atoms with Gasteiger partial charge < -0.3 is 14.6 Å². The molecule has 19 heavy (non-hydrogen) atoms. The Morgan fingerprint density at radius 3 is 2.00 bits per heavy atom. The van der Waals surface area contributed by atoms with Crippen molar-refractivity contribution in [3.63, 3.8) is 0 Å². The van der Waals surface area contributed by atoms with Gasteiger partial charge in [-0.15, -0.1) is 0 Å². The van der Waals surface area contributed by atoms with E-state index in [4.69, 9.17) is 14.6 Å². The highest BCUT2D eigenvalue weighted by Crippen LogP contribution is 2.14. The zero-order valence-electron chi connectivity index (χ0n) is 12.1. The van der Waals surface area contributed by atoms with Gasteiger partial charge in [-0.05, 0) is 27.7 Å². The lowest BCUT2D eigenvalue weighted by atomic mass is 10.1. The average Bonchev–Trinajstić information content (AvgIpc) is 2.12. The van der Waals surface area contributed by atoms with E-state index in [2.05, 4.69) is 0 Å². The first-order valence-corrected chi connectivity index (χ1v) is 5.81. The van der Waals surface area contributed by atoms with E-state index in [1.54, 1.807) is 20.8 Å². The predicted molar refractivity (Wildman–Crippen MR) is 66.6 cm³/mol. The minimum atomic E-state index is -1.31. The summed E-state index contributed by atoms with van der Waals surface area (Å²) >= 11 is 0. The molecule has 110 valence electrons. The molecule has 0 heterocycles. The normalized spacial score (nSPS) is 14.2. The largest absolute Gasteiger partial charge is 0.480 e. The third kappa shape index (κ3) is 6.08. The Kier molecular flexibility index (Phi) is 5.80. The van der Waals surface area contributed by atoms with Gasteiger partial charge in [-0.3, -0.25) is 9.69 Å². The molecule has 0 aliphatic rings. The number of carbonyl (C=O) groups is 3. The molecule has 0 aromatic heterocycles. The van der Waals surface area contributed by atoms with Gasteiger partial charge in [-0.25, -0.2) is 9.59 Å². The summed E-state index contributed by atoms with van der Waals surface area (Å²) in [6.45, 7) is 7.59. The zero-order valence-corrected chi connectivity index (χ0v) is 12.1. The lowest BCUT2D eigenvalue weighted by Crippen LogP contribution is -2.51. The summed E-state index contributed by atoms with van der Waals surface area (Å²) in [4.78, 5) is 34.7. The van der Waals surface area contributed by atoms with Crippen molar-refractivity contribution in [3.8, 4) is 0 Å². The summed E-state index contributed by atoms with van der Waals surface area (Å²) < 4.78 is 9.87. The van der Waals surface area contributed by atoms with Gasteiger partial charge in [0, 0.05) is 14.0 Å². The van der Waals surface area contributed by atoms with E-state index >= 15 is 0 Å². The Bertz CT molecular complexity index is 360. The lowest BCUT2D eigenvalue weighted by Gasteiger charge is -2.31. The van der Waals surface area contributed by atoms with Crippen LogP contribution in [-0.2, 0) is 19.1 Å². The van der Waals surface area contributed by atoms with Crippen LogP contribution >= 0.6 is 0 Å². The number of hydrogen-bond acceptors (Lipinski definition) is 5. The molecule has 2 atom stereocenters. The van der Waals surface area contributed by atoms with Crippen LogP contribution in [0.4, 0.5) is 4.79 Å². The molecule has 0 aromatic carbocycles. The van der Waals surface area contributed by atoms with E-state index in [9.17, 15) is 14.4 Å². The van der Waals surface area contributed by atoms with Gasteiger partial charge in [-0.1, -0.05) is 0 Å². The topological polar surface area (TPSA) is 93.1 Å².